The molecule has 0 rings (SSSR count). The molecule has 1 atom stereocenters. The van der Waals surface area contributed by atoms with Gasteiger partial charge in [-0.1, -0.05) is 328 Å². The van der Waals surface area contributed by atoms with E-state index in [1.807, 2.05) is 0 Å². The number of aliphatic hydroxyl groups excluding tert-OH is 1. The average molecular weight is 1230 g/mol. The molecule has 5 heteroatoms. The van der Waals surface area contributed by atoms with Crippen LogP contribution in [0, 0.1) is 0 Å². The summed E-state index contributed by atoms with van der Waals surface area (Å²) in [5.74, 6) is -0.654. The summed E-state index contributed by atoms with van der Waals surface area (Å²) in [6.45, 7) is 3.87. The maximum Gasteiger partial charge on any atom is 0.306 e. The summed E-state index contributed by atoms with van der Waals surface area (Å²) < 4.78 is 10.7. The lowest BCUT2D eigenvalue weighted by Gasteiger charge is -2.15. The third-order valence-electron chi connectivity index (χ3n) is 14.5. The molecule has 0 heterocycles. The van der Waals surface area contributed by atoms with Crippen molar-refractivity contribution in [3.63, 3.8) is 0 Å². The molecule has 0 aliphatic carbocycles. The van der Waals surface area contributed by atoms with Gasteiger partial charge in [0.15, 0.2) is 6.10 Å². The van der Waals surface area contributed by atoms with Crippen molar-refractivity contribution in [2.75, 3.05) is 13.2 Å². The number of hydrogen-bond acceptors (Lipinski definition) is 5. The molecule has 0 aromatic heterocycles. The fourth-order valence-electron chi connectivity index (χ4n) is 9.16. The van der Waals surface area contributed by atoms with Crippen molar-refractivity contribution in [3.8, 4) is 0 Å². The zero-order valence-corrected chi connectivity index (χ0v) is 57.3. The third-order valence-corrected chi connectivity index (χ3v) is 14.5. The number of rotatable bonds is 63. The van der Waals surface area contributed by atoms with Gasteiger partial charge in [-0.3, -0.25) is 9.59 Å². The lowest BCUT2D eigenvalue weighted by atomic mass is 10.0. The van der Waals surface area contributed by atoms with E-state index < -0.39 is 6.10 Å². The minimum Gasteiger partial charge on any atom is -0.462 e. The number of carbonyl (C=O) groups excluding carboxylic acids is 2. The molecule has 0 amide bonds. The topological polar surface area (TPSA) is 72.8 Å². The second kappa shape index (κ2) is 77.2. The second-order valence-electron chi connectivity index (χ2n) is 22.8. The number of ether oxygens (including phenoxy) is 2. The highest BCUT2D eigenvalue weighted by Crippen LogP contribution is 2.15. The molecule has 0 bridgehead atoms. The van der Waals surface area contributed by atoms with Gasteiger partial charge in [0, 0.05) is 12.8 Å². The van der Waals surface area contributed by atoms with Gasteiger partial charge in [-0.15, -0.1) is 0 Å². The van der Waals surface area contributed by atoms with Crippen LogP contribution in [0.15, 0.2) is 231 Å². The van der Waals surface area contributed by atoms with Crippen LogP contribution in [0.5, 0.6) is 0 Å². The zero-order valence-electron chi connectivity index (χ0n) is 57.3. The van der Waals surface area contributed by atoms with E-state index in [0.717, 1.165) is 154 Å². The molecule has 0 spiro atoms. The minimum atomic E-state index is -0.814. The first-order valence-corrected chi connectivity index (χ1v) is 35.9. The molecule has 0 aromatic carbocycles. The van der Waals surface area contributed by atoms with Crippen molar-refractivity contribution < 1.29 is 24.2 Å². The fraction of sp³-hybridized carbons (Fsp3) is 0.529. The van der Waals surface area contributed by atoms with Crippen LogP contribution in [0.1, 0.15) is 271 Å². The Labute approximate surface area is 554 Å². The Kier molecular flexibility index (Phi) is 72.0. The molecule has 1 unspecified atom stereocenters. The number of esters is 2. The van der Waals surface area contributed by atoms with Crippen LogP contribution in [0.4, 0.5) is 0 Å². The van der Waals surface area contributed by atoms with Gasteiger partial charge in [-0.2, -0.15) is 0 Å². The van der Waals surface area contributed by atoms with E-state index in [9.17, 15) is 14.7 Å². The van der Waals surface area contributed by atoms with Gasteiger partial charge in [-0.25, -0.2) is 0 Å². The number of hydrogen-bond donors (Lipinski definition) is 1. The van der Waals surface area contributed by atoms with Crippen LogP contribution in [0.2, 0.25) is 0 Å². The van der Waals surface area contributed by atoms with Crippen molar-refractivity contribution in [2.24, 2.45) is 0 Å². The molecule has 90 heavy (non-hydrogen) atoms. The predicted octanol–water partition coefficient (Wildman–Crippen LogP) is 25.6. The van der Waals surface area contributed by atoms with Crippen LogP contribution in [-0.2, 0) is 19.1 Å². The van der Waals surface area contributed by atoms with Crippen LogP contribution in [0.3, 0.4) is 0 Å². The molecule has 0 saturated carbocycles. The van der Waals surface area contributed by atoms with E-state index in [2.05, 4.69) is 245 Å². The minimum absolute atomic E-state index is 0.0973. The number of carbonyl (C=O) groups is 2. The Morgan fingerprint density at radius 1 is 0.256 bits per heavy atom. The van der Waals surface area contributed by atoms with E-state index >= 15 is 0 Å². The maximum absolute atomic E-state index is 12.4. The van der Waals surface area contributed by atoms with Gasteiger partial charge in [0.05, 0.1) is 6.61 Å². The number of aliphatic hydroxyl groups is 1. The Morgan fingerprint density at radius 3 is 0.689 bits per heavy atom. The Balaban J connectivity index is 3.64. The lowest BCUT2D eigenvalue weighted by Crippen LogP contribution is -2.28. The van der Waals surface area contributed by atoms with Gasteiger partial charge in [-0.05, 0) is 161 Å². The first-order chi connectivity index (χ1) is 44.6. The van der Waals surface area contributed by atoms with Crippen LogP contribution >= 0.6 is 0 Å². The Bertz CT molecular complexity index is 2180. The van der Waals surface area contributed by atoms with Gasteiger partial charge >= 0.3 is 11.9 Å². The maximum atomic E-state index is 12.4. The molecule has 0 radical (unpaired) electrons. The average Bonchev–Trinajstić information content (AvgIpc) is 3.59. The van der Waals surface area contributed by atoms with E-state index in [0.29, 0.717) is 12.8 Å². The van der Waals surface area contributed by atoms with E-state index in [1.54, 1.807) is 0 Å². The molecule has 1 N–H and O–H groups in total. The van der Waals surface area contributed by atoms with Crippen molar-refractivity contribution >= 4 is 11.9 Å². The normalized spacial score (nSPS) is 13.7. The van der Waals surface area contributed by atoms with Crippen LogP contribution in [-0.4, -0.2) is 36.4 Å². The molecule has 0 aliphatic heterocycles. The third kappa shape index (κ3) is 74.4. The van der Waals surface area contributed by atoms with Gasteiger partial charge < -0.3 is 14.6 Å². The van der Waals surface area contributed by atoms with Crippen molar-refractivity contribution in [1.82, 2.24) is 0 Å². The molecule has 0 aliphatic rings. The summed E-state index contributed by atoms with van der Waals surface area (Å²) in [6, 6.07) is 0. The predicted molar refractivity (Wildman–Crippen MR) is 398 cm³/mol. The summed E-state index contributed by atoms with van der Waals surface area (Å²) in [7, 11) is 0. The molecule has 0 fully saturated rings. The van der Waals surface area contributed by atoms with E-state index in [4.69, 9.17) is 9.47 Å². The summed E-state index contributed by atoms with van der Waals surface area (Å²) in [5, 5.41) is 9.70. The summed E-state index contributed by atoms with van der Waals surface area (Å²) in [6.07, 6.45) is 126. The number of allylic oxidation sites excluding steroid dienone is 38. The van der Waals surface area contributed by atoms with E-state index in [1.165, 1.54) is 83.5 Å². The lowest BCUT2D eigenvalue weighted by molar-refractivity contribution is -0.161. The fourth-order valence-corrected chi connectivity index (χ4v) is 9.16. The molecule has 0 saturated heterocycles. The first-order valence-electron chi connectivity index (χ1n) is 35.9. The Morgan fingerprint density at radius 2 is 0.444 bits per heavy atom. The highest BCUT2D eigenvalue weighted by atomic mass is 16.6. The summed E-state index contributed by atoms with van der Waals surface area (Å²) >= 11 is 0. The standard InChI is InChI=1S/C85H130O5/c1-3-5-7-9-11-13-15-17-19-21-23-25-27-29-31-33-35-37-39-41-42-44-46-48-50-52-54-56-58-60-62-64-66-68-70-72-74-76-78-80-85(88)90-83(81-86)82-89-84(87)79-77-75-73-71-69-67-65-63-61-59-57-55-53-51-49-47-45-43-40-38-36-34-32-30-28-26-24-22-20-18-16-14-12-10-8-6-4-2/h5-8,11-14,17-20,23-26,29-32,35-38,41-43,45-46,48,52,54,58,60,64,66,70,72,83,86H,3-4,9-10,15-16,21-22,27-28,33-34,39-40,44,47,49-51,53,55-57,59,61-63,65,67-69,71,73-82H2,1-2H3/b7-5-,8-6-,13-11-,14-12-,19-17-,20-18-,25-23-,26-24-,31-29-,32-30-,37-35-,38-36-,42-41-,45-43-,48-46-,54-52-,60-58-,66-64-,72-70-. The quantitative estimate of drug-likeness (QED) is 0.0373. The smallest absolute Gasteiger partial charge is 0.306 e. The highest BCUT2D eigenvalue weighted by Gasteiger charge is 2.16. The van der Waals surface area contributed by atoms with Gasteiger partial charge in [0.2, 0.25) is 0 Å². The van der Waals surface area contributed by atoms with Crippen LogP contribution < -0.4 is 0 Å². The molecule has 5 nitrogen and oxygen atoms in total. The molecule has 0 aromatic rings. The number of unbranched alkanes of at least 4 members (excludes halogenated alkanes) is 17. The second-order valence-corrected chi connectivity index (χ2v) is 22.8. The largest absolute Gasteiger partial charge is 0.462 e. The van der Waals surface area contributed by atoms with Gasteiger partial charge in [0.1, 0.15) is 6.61 Å². The molecular weight excluding hydrogens is 1100 g/mol. The molecule has 500 valence electrons. The van der Waals surface area contributed by atoms with Crippen molar-refractivity contribution in [1.29, 1.82) is 0 Å². The Hall–Kier alpha value is -6.04. The summed E-state index contributed by atoms with van der Waals surface area (Å²) in [4.78, 5) is 24.7. The highest BCUT2D eigenvalue weighted by molar-refractivity contribution is 5.70. The van der Waals surface area contributed by atoms with E-state index in [-0.39, 0.29) is 31.6 Å². The van der Waals surface area contributed by atoms with Crippen molar-refractivity contribution in [3.05, 3.63) is 231 Å². The van der Waals surface area contributed by atoms with Gasteiger partial charge in [0.25, 0.3) is 0 Å². The zero-order chi connectivity index (χ0) is 64.7. The SMILES string of the molecule is CC/C=C\C/C=C\C/C=C\C/C=C\C/C=C\C/C=C\C/C=C\C/C=C\C/C=C\C/C=C\C/C=C\C/C=C\CCCCC(=O)OC(CO)COC(=O)CCCCCCCCCCCCCCCCC/C=C\C/C=C\C/C=C\C/C=C\C/C=C\C/C=C\C/C=C\CC. The summed E-state index contributed by atoms with van der Waals surface area (Å²) in [5.41, 5.74) is 0. The monoisotopic (exact) mass is 1230 g/mol. The molecular formula is C85H130O5. The van der Waals surface area contributed by atoms with Crippen LogP contribution in [0.25, 0.3) is 0 Å². The first kappa shape index (κ1) is 84.0. The van der Waals surface area contributed by atoms with Crippen molar-refractivity contribution in [2.45, 2.75) is 277 Å².